The number of esters is 1. The molecule has 1 atom stereocenters. The van der Waals surface area contributed by atoms with E-state index in [0.717, 1.165) is 6.21 Å². The molecular formula is C17H22Cl2N2O5. The molecule has 0 amide bonds. The van der Waals surface area contributed by atoms with Crippen molar-refractivity contribution < 1.29 is 24.5 Å². The topological polar surface area (TPSA) is 101 Å². The summed E-state index contributed by atoms with van der Waals surface area (Å²) in [6.07, 6.45) is 1.15. The Kier molecular flexibility index (Phi) is 8.84. The van der Waals surface area contributed by atoms with Gasteiger partial charge in [0.1, 0.15) is 16.3 Å². The molecular weight excluding hydrogens is 383 g/mol. The molecule has 1 rings (SSSR count). The zero-order valence-corrected chi connectivity index (χ0v) is 16.5. The Hall–Kier alpha value is -1.83. The molecule has 2 N–H and O–H groups in total. The summed E-state index contributed by atoms with van der Waals surface area (Å²) < 4.78 is 9.96. The number of aliphatic hydroxyl groups excluding tert-OH is 2. The first kappa shape index (κ1) is 22.2. The molecule has 0 aliphatic carbocycles. The third-order valence-corrected chi connectivity index (χ3v) is 3.98. The number of ether oxygens (including phenoxy) is 2. The van der Waals surface area contributed by atoms with Crippen molar-refractivity contribution in [2.24, 2.45) is 10.9 Å². The molecule has 0 unspecified atom stereocenters. The van der Waals surface area contributed by atoms with Crippen LogP contribution in [-0.4, -0.2) is 53.7 Å². The highest BCUT2D eigenvalue weighted by Crippen LogP contribution is 2.31. The average molecular weight is 405 g/mol. The van der Waals surface area contributed by atoms with E-state index in [2.05, 4.69) is 9.98 Å². The highest BCUT2D eigenvalue weighted by atomic mass is 35.5. The molecule has 1 aromatic heterocycles. The molecule has 0 aliphatic rings. The van der Waals surface area contributed by atoms with Gasteiger partial charge in [-0.3, -0.25) is 4.99 Å². The third-order valence-electron chi connectivity index (χ3n) is 3.42. The van der Waals surface area contributed by atoms with Crippen LogP contribution < -0.4 is 4.74 Å². The van der Waals surface area contributed by atoms with E-state index >= 15 is 0 Å². The van der Waals surface area contributed by atoms with Gasteiger partial charge in [-0.15, -0.1) is 0 Å². The first-order chi connectivity index (χ1) is 12.3. The van der Waals surface area contributed by atoms with E-state index in [4.69, 9.17) is 32.7 Å². The molecule has 0 saturated carbocycles. The van der Waals surface area contributed by atoms with Gasteiger partial charge in [0.25, 0.3) is 0 Å². The van der Waals surface area contributed by atoms with Crippen LogP contribution >= 0.6 is 23.2 Å². The van der Waals surface area contributed by atoms with Crippen molar-refractivity contribution >= 4 is 41.1 Å². The van der Waals surface area contributed by atoms with Crippen LogP contribution in [0.1, 0.15) is 26.5 Å². The van der Waals surface area contributed by atoms with Crippen LogP contribution in [0.4, 0.5) is 0 Å². The summed E-state index contributed by atoms with van der Waals surface area (Å²) in [5.41, 5.74) is -0.350. The second kappa shape index (κ2) is 10.4. The second-order valence-corrected chi connectivity index (χ2v) is 6.38. The number of aliphatic hydroxyl groups is 2. The summed E-state index contributed by atoms with van der Waals surface area (Å²) in [7, 11) is 1.36. The summed E-state index contributed by atoms with van der Waals surface area (Å²) >= 11 is 12.0. The lowest BCUT2D eigenvalue weighted by Gasteiger charge is -2.14. The number of pyridine rings is 1. The van der Waals surface area contributed by atoms with Gasteiger partial charge in [0.15, 0.2) is 5.76 Å². The predicted molar refractivity (Wildman–Crippen MR) is 101 cm³/mol. The molecule has 9 heteroatoms. The SMILES string of the molecule is CCOC(=O)C(C=N[C@H](CO)C(C)C)=C(O)c1nc(OC)c(Cl)cc1Cl. The number of hydrogen-bond donors (Lipinski definition) is 2. The van der Waals surface area contributed by atoms with Gasteiger partial charge in [-0.05, 0) is 18.9 Å². The van der Waals surface area contributed by atoms with Gasteiger partial charge in [-0.25, -0.2) is 9.78 Å². The number of hydrogen-bond acceptors (Lipinski definition) is 7. The smallest absolute Gasteiger partial charge is 0.343 e. The molecule has 0 saturated heterocycles. The fourth-order valence-electron chi connectivity index (χ4n) is 1.91. The number of methoxy groups -OCH3 is 1. The second-order valence-electron chi connectivity index (χ2n) is 5.56. The molecule has 26 heavy (non-hydrogen) atoms. The Morgan fingerprint density at radius 3 is 2.54 bits per heavy atom. The Morgan fingerprint density at radius 1 is 1.38 bits per heavy atom. The van der Waals surface area contributed by atoms with Gasteiger partial charge < -0.3 is 19.7 Å². The molecule has 0 aliphatic heterocycles. The van der Waals surface area contributed by atoms with Gasteiger partial charge in [-0.1, -0.05) is 37.0 Å². The number of carbonyl (C=O) groups is 1. The van der Waals surface area contributed by atoms with Crippen LogP contribution in [-0.2, 0) is 9.53 Å². The largest absolute Gasteiger partial charge is 0.505 e. The van der Waals surface area contributed by atoms with Crippen molar-refractivity contribution in [2.75, 3.05) is 20.3 Å². The van der Waals surface area contributed by atoms with E-state index in [-0.39, 0.29) is 46.3 Å². The first-order valence-electron chi connectivity index (χ1n) is 7.91. The van der Waals surface area contributed by atoms with E-state index in [9.17, 15) is 15.0 Å². The highest BCUT2D eigenvalue weighted by molar-refractivity contribution is 6.36. The molecule has 0 fully saturated rings. The zero-order valence-electron chi connectivity index (χ0n) is 15.0. The number of aromatic nitrogens is 1. The van der Waals surface area contributed by atoms with Crippen LogP contribution in [0.25, 0.3) is 5.76 Å². The number of aliphatic imine (C=N–C) groups is 1. The van der Waals surface area contributed by atoms with Crippen molar-refractivity contribution in [3.8, 4) is 5.88 Å². The van der Waals surface area contributed by atoms with Crippen LogP contribution in [0.3, 0.4) is 0 Å². The lowest BCUT2D eigenvalue weighted by molar-refractivity contribution is -0.137. The van der Waals surface area contributed by atoms with Gasteiger partial charge in [0.2, 0.25) is 5.88 Å². The van der Waals surface area contributed by atoms with E-state index < -0.39 is 17.8 Å². The normalized spacial score (nSPS) is 13.7. The minimum absolute atomic E-state index is 0.0195. The van der Waals surface area contributed by atoms with Crippen molar-refractivity contribution in [3.63, 3.8) is 0 Å². The maximum atomic E-state index is 12.2. The predicted octanol–water partition coefficient (Wildman–Crippen LogP) is 3.32. The maximum Gasteiger partial charge on any atom is 0.343 e. The Balaban J connectivity index is 3.48. The van der Waals surface area contributed by atoms with Gasteiger partial charge >= 0.3 is 5.97 Å². The van der Waals surface area contributed by atoms with Gasteiger partial charge in [-0.2, -0.15) is 0 Å². The Bertz CT molecular complexity index is 705. The van der Waals surface area contributed by atoms with E-state index in [0.29, 0.717) is 0 Å². The standard InChI is InChI=1S/C17H22Cl2N2O5/c1-5-26-17(24)10(7-20-13(8-22)9(2)3)15(23)14-11(18)6-12(19)16(21-14)25-4/h6-7,9,13,22-23H,5,8H2,1-4H3/t13-/m1/s1. The maximum absolute atomic E-state index is 12.2. The molecule has 144 valence electrons. The molecule has 0 radical (unpaired) electrons. The summed E-state index contributed by atoms with van der Waals surface area (Å²) in [4.78, 5) is 20.4. The zero-order chi connectivity index (χ0) is 19.9. The quantitative estimate of drug-likeness (QED) is 0.298. The molecule has 0 spiro atoms. The van der Waals surface area contributed by atoms with Crippen LogP contribution in [0.2, 0.25) is 10.0 Å². The van der Waals surface area contributed by atoms with Crippen molar-refractivity contribution in [3.05, 3.63) is 27.4 Å². The monoisotopic (exact) mass is 404 g/mol. The molecule has 1 heterocycles. The number of halogens is 2. The summed E-state index contributed by atoms with van der Waals surface area (Å²) in [5.74, 6) is -1.28. The van der Waals surface area contributed by atoms with Crippen LogP contribution in [0.5, 0.6) is 5.88 Å². The van der Waals surface area contributed by atoms with Gasteiger partial charge in [0, 0.05) is 6.21 Å². The Morgan fingerprint density at radius 2 is 2.04 bits per heavy atom. The third kappa shape index (κ3) is 5.59. The van der Waals surface area contributed by atoms with E-state index in [1.807, 2.05) is 13.8 Å². The minimum atomic E-state index is -0.805. The lowest BCUT2D eigenvalue weighted by Crippen LogP contribution is -2.19. The summed E-state index contributed by atoms with van der Waals surface area (Å²) in [6.45, 7) is 5.26. The summed E-state index contributed by atoms with van der Waals surface area (Å²) in [6, 6.07) is 0.890. The van der Waals surface area contributed by atoms with Crippen molar-refractivity contribution in [2.45, 2.75) is 26.8 Å². The number of rotatable bonds is 8. The fraction of sp³-hybridized carbons (Fsp3) is 0.471. The molecule has 0 bridgehead atoms. The van der Waals surface area contributed by atoms with Crippen LogP contribution in [0, 0.1) is 5.92 Å². The molecule has 1 aromatic rings. The van der Waals surface area contributed by atoms with Crippen molar-refractivity contribution in [1.29, 1.82) is 0 Å². The average Bonchev–Trinajstić information content (AvgIpc) is 2.58. The van der Waals surface area contributed by atoms with E-state index in [1.165, 1.54) is 13.2 Å². The van der Waals surface area contributed by atoms with Crippen LogP contribution in [0.15, 0.2) is 16.6 Å². The number of nitrogens with zero attached hydrogens (tertiary/aromatic N) is 2. The highest BCUT2D eigenvalue weighted by Gasteiger charge is 2.22. The minimum Gasteiger partial charge on any atom is -0.505 e. The van der Waals surface area contributed by atoms with E-state index in [1.54, 1.807) is 6.92 Å². The van der Waals surface area contributed by atoms with Gasteiger partial charge in [0.05, 0.1) is 31.4 Å². The molecule has 0 aromatic carbocycles. The van der Waals surface area contributed by atoms with Crippen molar-refractivity contribution in [1.82, 2.24) is 4.98 Å². The fourth-order valence-corrected chi connectivity index (χ4v) is 2.43. The lowest BCUT2D eigenvalue weighted by atomic mass is 10.1. The first-order valence-corrected chi connectivity index (χ1v) is 8.67. The Labute approximate surface area is 162 Å². The molecule has 7 nitrogen and oxygen atoms in total. The summed E-state index contributed by atoms with van der Waals surface area (Å²) in [5, 5.41) is 20.1. The number of carbonyl (C=O) groups excluding carboxylic acids is 1.